The number of carbonyl (C=O) groups excluding carboxylic acids is 1. The van der Waals surface area contributed by atoms with Gasteiger partial charge in [0.15, 0.2) is 0 Å². The van der Waals surface area contributed by atoms with E-state index >= 15 is 0 Å². The van der Waals surface area contributed by atoms with E-state index in [-0.39, 0.29) is 10.8 Å². The Bertz CT molecular complexity index is 520. The summed E-state index contributed by atoms with van der Waals surface area (Å²) in [5.41, 5.74) is 0.531. The van der Waals surface area contributed by atoms with E-state index in [2.05, 4.69) is 9.98 Å². The van der Waals surface area contributed by atoms with Crippen molar-refractivity contribution in [1.82, 2.24) is 4.90 Å². The minimum absolute atomic E-state index is 0.188. The molecule has 7 heteroatoms. The molecule has 0 radical (unpaired) electrons. The van der Waals surface area contributed by atoms with Gasteiger partial charge < -0.3 is 10.0 Å². The van der Waals surface area contributed by atoms with Crippen LogP contribution >= 0.6 is 11.8 Å². The molecule has 0 spiro atoms. The molecule has 0 aliphatic carbocycles. The largest absolute Gasteiger partial charge is 0.477 e. The number of likely N-dealkylation sites (N-methyl/N-ethyl adjacent to an activating group) is 1. The first-order valence-corrected chi connectivity index (χ1v) is 6.18. The van der Waals surface area contributed by atoms with Gasteiger partial charge in [-0.05, 0) is 26.6 Å². The topological polar surface area (TPSA) is 82.3 Å². The zero-order chi connectivity index (χ0) is 13.4. The second-order valence-electron chi connectivity index (χ2n) is 4.41. The molecule has 1 atom stereocenters. The Kier molecular flexibility index (Phi) is 3.36. The highest BCUT2D eigenvalue weighted by Gasteiger charge is 2.40. The first-order valence-electron chi connectivity index (χ1n) is 5.36. The monoisotopic (exact) mass is 267 g/mol. The number of amidine groups is 1. The van der Waals surface area contributed by atoms with Gasteiger partial charge in [-0.25, -0.2) is 9.79 Å². The zero-order valence-corrected chi connectivity index (χ0v) is 11.1. The lowest BCUT2D eigenvalue weighted by Crippen LogP contribution is -2.29. The minimum Gasteiger partial charge on any atom is -0.477 e. The molecule has 2 heterocycles. The third kappa shape index (κ3) is 2.23. The van der Waals surface area contributed by atoms with E-state index in [1.807, 2.05) is 19.0 Å². The van der Waals surface area contributed by atoms with E-state index in [0.717, 1.165) is 11.8 Å². The third-order valence-electron chi connectivity index (χ3n) is 2.62. The molecule has 96 valence electrons. The molecule has 1 unspecified atom stereocenters. The highest BCUT2D eigenvalue weighted by atomic mass is 32.2. The van der Waals surface area contributed by atoms with Gasteiger partial charge >= 0.3 is 5.97 Å². The molecule has 2 aliphatic heterocycles. The standard InChI is InChI=1S/C11H13N3O3S/c1-5-7-9(15)12-6(4-14(2)3)13-10(7)18-8(5)11(16)17/h7H,4H2,1-3H3,(H,16,17). The highest BCUT2D eigenvalue weighted by molar-refractivity contribution is 8.18. The van der Waals surface area contributed by atoms with Crippen LogP contribution in [0.1, 0.15) is 6.92 Å². The molecule has 0 saturated carbocycles. The number of carbonyl (C=O) groups is 2. The van der Waals surface area contributed by atoms with Gasteiger partial charge in [0.1, 0.15) is 11.8 Å². The highest BCUT2D eigenvalue weighted by Crippen LogP contribution is 2.40. The van der Waals surface area contributed by atoms with Gasteiger partial charge in [0, 0.05) is 0 Å². The minimum atomic E-state index is -1.02. The molecule has 0 aromatic rings. The summed E-state index contributed by atoms with van der Waals surface area (Å²) in [6, 6.07) is 0. The molecule has 0 bridgehead atoms. The number of carboxylic acid groups (broad SMARTS) is 1. The Morgan fingerprint density at radius 3 is 2.67 bits per heavy atom. The van der Waals surface area contributed by atoms with Gasteiger partial charge in [0.25, 0.3) is 5.91 Å². The van der Waals surface area contributed by atoms with Gasteiger partial charge in [-0.1, -0.05) is 11.8 Å². The number of hydrogen-bond donors (Lipinski definition) is 1. The van der Waals surface area contributed by atoms with Crippen LogP contribution in [0.15, 0.2) is 20.5 Å². The fourth-order valence-electron chi connectivity index (χ4n) is 1.85. The van der Waals surface area contributed by atoms with Gasteiger partial charge in [0.2, 0.25) is 0 Å². The van der Waals surface area contributed by atoms with E-state index < -0.39 is 11.9 Å². The van der Waals surface area contributed by atoms with E-state index in [0.29, 0.717) is 23.0 Å². The molecule has 0 aromatic heterocycles. The average Bonchev–Trinajstić information content (AvgIpc) is 2.55. The summed E-state index contributed by atoms with van der Waals surface area (Å²) in [5, 5.41) is 9.57. The maximum atomic E-state index is 11.9. The number of fused-ring (bicyclic) bond motifs is 1. The summed E-state index contributed by atoms with van der Waals surface area (Å²) in [6.45, 7) is 2.11. The fourth-order valence-corrected chi connectivity index (χ4v) is 2.97. The van der Waals surface area contributed by atoms with E-state index in [1.165, 1.54) is 0 Å². The number of aliphatic carboxylic acids is 1. The van der Waals surface area contributed by atoms with Gasteiger partial charge in [0.05, 0.1) is 16.5 Å². The van der Waals surface area contributed by atoms with Crippen LogP contribution in [0, 0.1) is 5.92 Å². The van der Waals surface area contributed by atoms with Crippen LogP contribution in [-0.4, -0.2) is 53.4 Å². The van der Waals surface area contributed by atoms with Crippen molar-refractivity contribution < 1.29 is 14.7 Å². The molecular formula is C11H13N3O3S. The number of rotatable bonds is 3. The van der Waals surface area contributed by atoms with E-state index in [4.69, 9.17) is 5.11 Å². The van der Waals surface area contributed by atoms with Gasteiger partial charge in [-0.2, -0.15) is 4.99 Å². The fraction of sp³-hybridized carbons (Fsp3) is 0.455. The number of nitrogens with zero attached hydrogens (tertiary/aromatic N) is 3. The first kappa shape index (κ1) is 13.0. The van der Waals surface area contributed by atoms with Crippen molar-refractivity contribution in [3.8, 4) is 0 Å². The Morgan fingerprint density at radius 2 is 2.11 bits per heavy atom. The number of aliphatic imine (C=N–C) groups is 2. The van der Waals surface area contributed by atoms with E-state index in [9.17, 15) is 9.59 Å². The van der Waals surface area contributed by atoms with E-state index in [1.54, 1.807) is 6.92 Å². The Balaban J connectivity index is 2.31. The smallest absolute Gasteiger partial charge is 0.342 e. The summed E-state index contributed by atoms with van der Waals surface area (Å²) in [6.07, 6.45) is 0. The molecule has 1 N–H and O–H groups in total. The Hall–Kier alpha value is -1.47. The summed E-state index contributed by atoms with van der Waals surface area (Å²) < 4.78 is 0. The van der Waals surface area contributed by atoms with Crippen LogP contribution in [0.2, 0.25) is 0 Å². The number of thioether (sulfide) groups is 1. The predicted molar refractivity (Wildman–Crippen MR) is 69.8 cm³/mol. The lowest BCUT2D eigenvalue weighted by atomic mass is 10.00. The quantitative estimate of drug-likeness (QED) is 0.810. The average molecular weight is 267 g/mol. The van der Waals surface area contributed by atoms with Crippen LogP contribution < -0.4 is 0 Å². The second-order valence-corrected chi connectivity index (χ2v) is 5.44. The number of hydrogen-bond acceptors (Lipinski definition) is 5. The van der Waals surface area contributed by atoms with Crippen molar-refractivity contribution in [2.75, 3.05) is 20.6 Å². The second kappa shape index (κ2) is 4.66. The third-order valence-corrected chi connectivity index (χ3v) is 3.86. The lowest BCUT2D eigenvalue weighted by molar-refractivity contribution is -0.131. The summed E-state index contributed by atoms with van der Waals surface area (Å²) in [4.78, 5) is 33.2. The van der Waals surface area contributed by atoms with Gasteiger partial charge in [-0.15, -0.1) is 0 Å². The predicted octanol–water partition coefficient (Wildman–Crippen LogP) is 0.607. The molecule has 0 fully saturated rings. The van der Waals surface area contributed by atoms with Crippen LogP contribution in [0.3, 0.4) is 0 Å². The van der Waals surface area contributed by atoms with Crippen molar-refractivity contribution in [1.29, 1.82) is 0 Å². The SMILES string of the molecule is CC1=C(C(=O)O)SC2=NC(CN(C)C)=NC(=O)C21. The molecule has 18 heavy (non-hydrogen) atoms. The first-order chi connectivity index (χ1) is 8.40. The molecule has 2 aliphatic rings. The maximum Gasteiger partial charge on any atom is 0.342 e. The Morgan fingerprint density at radius 1 is 1.44 bits per heavy atom. The van der Waals surface area contributed by atoms with Crippen LogP contribution in [0.5, 0.6) is 0 Å². The summed E-state index contributed by atoms with van der Waals surface area (Å²) in [7, 11) is 3.71. The normalized spacial score (nSPS) is 23.1. The summed E-state index contributed by atoms with van der Waals surface area (Å²) >= 11 is 1.06. The van der Waals surface area contributed by atoms with Crippen molar-refractivity contribution in [2.24, 2.45) is 15.9 Å². The summed E-state index contributed by atoms with van der Waals surface area (Å²) in [5.74, 6) is -1.50. The van der Waals surface area contributed by atoms with Crippen LogP contribution in [0.25, 0.3) is 0 Å². The lowest BCUT2D eigenvalue weighted by Gasteiger charge is -2.16. The van der Waals surface area contributed by atoms with Crippen molar-refractivity contribution >= 4 is 34.5 Å². The molecule has 6 nitrogen and oxygen atoms in total. The van der Waals surface area contributed by atoms with Crippen molar-refractivity contribution in [3.05, 3.63) is 10.5 Å². The molecule has 0 saturated heterocycles. The van der Waals surface area contributed by atoms with Crippen LogP contribution in [0.4, 0.5) is 0 Å². The van der Waals surface area contributed by atoms with Crippen molar-refractivity contribution in [3.63, 3.8) is 0 Å². The zero-order valence-electron chi connectivity index (χ0n) is 10.3. The Labute approximate surface area is 108 Å². The number of amides is 1. The number of carboxylic acids is 1. The van der Waals surface area contributed by atoms with Crippen LogP contribution in [-0.2, 0) is 9.59 Å². The molecule has 1 amide bonds. The molecule has 2 rings (SSSR count). The van der Waals surface area contributed by atoms with Crippen molar-refractivity contribution in [2.45, 2.75) is 6.92 Å². The molecular weight excluding hydrogens is 254 g/mol. The molecule has 0 aromatic carbocycles. The maximum absolute atomic E-state index is 11.9. The van der Waals surface area contributed by atoms with Gasteiger partial charge in [-0.3, -0.25) is 4.79 Å².